The van der Waals surface area contributed by atoms with Gasteiger partial charge in [0.25, 0.3) is 0 Å². The molecule has 0 atom stereocenters. The van der Waals surface area contributed by atoms with E-state index < -0.39 is 5.97 Å². The fourth-order valence-corrected chi connectivity index (χ4v) is 3.88. The molecule has 3 rings (SSSR count). The second-order valence-electron chi connectivity index (χ2n) is 6.99. The van der Waals surface area contributed by atoms with Gasteiger partial charge in [-0.3, -0.25) is 33.0 Å². The molecule has 9 N–H and O–H groups in total. The average molecular weight is 431 g/mol. The Morgan fingerprint density at radius 2 is 1.61 bits per heavy atom. The Morgan fingerprint density at radius 3 is 2.23 bits per heavy atom. The van der Waals surface area contributed by atoms with Crippen LogP contribution in [0.1, 0.15) is 61.8 Å². The average Bonchev–Trinajstić information content (AvgIpc) is 3.17. The molecule has 0 amide bonds. The first-order valence-corrected chi connectivity index (χ1v) is 10.4. The van der Waals surface area contributed by atoms with Gasteiger partial charge in [0, 0.05) is 24.8 Å². The van der Waals surface area contributed by atoms with E-state index in [1.54, 1.807) is 0 Å². The number of hydrogen-bond donors (Lipinski definition) is 5. The van der Waals surface area contributed by atoms with Crippen LogP contribution >= 0.6 is 0 Å². The Balaban J connectivity index is 0.00000113. The zero-order valence-electron chi connectivity index (χ0n) is 18.3. The molecule has 170 valence electrons. The molecule has 0 saturated carbocycles. The number of aryl methyl sites for hydroxylation is 1. The molecule has 0 heterocycles. The number of nitrogens with two attached hydrogens (primary N) is 4. The van der Waals surface area contributed by atoms with E-state index in [-0.39, 0.29) is 18.8 Å². The zero-order valence-corrected chi connectivity index (χ0v) is 18.3. The van der Waals surface area contributed by atoms with E-state index in [2.05, 4.69) is 55.4 Å². The molecule has 0 aromatic heterocycles. The number of hydrazine groups is 2. The van der Waals surface area contributed by atoms with Crippen molar-refractivity contribution in [2.45, 2.75) is 58.8 Å². The van der Waals surface area contributed by atoms with Crippen LogP contribution in [0, 0.1) is 0 Å². The number of rotatable bonds is 8. The summed E-state index contributed by atoms with van der Waals surface area (Å²) in [6.07, 6.45) is 3.84. The lowest BCUT2D eigenvalue weighted by Gasteiger charge is -2.18. The van der Waals surface area contributed by atoms with Crippen LogP contribution in [-0.4, -0.2) is 17.0 Å². The lowest BCUT2D eigenvalue weighted by atomic mass is 9.94. The number of unbranched alkanes of at least 4 members (excludes halogenated alkanes) is 1. The topological polar surface area (TPSA) is 168 Å². The maximum atomic E-state index is 12.4. The molecule has 31 heavy (non-hydrogen) atoms. The summed E-state index contributed by atoms with van der Waals surface area (Å²) in [5.41, 5.74) is 7.10. The Hall–Kier alpha value is -2.78. The third kappa shape index (κ3) is 6.60. The van der Waals surface area contributed by atoms with Crippen LogP contribution in [0.25, 0.3) is 11.1 Å². The number of carboxylic acid groups (broad SMARTS) is 1. The fourth-order valence-electron chi connectivity index (χ4n) is 3.88. The number of carbonyl (C=O) groups is 2. The van der Waals surface area contributed by atoms with Crippen molar-refractivity contribution in [3.05, 3.63) is 52.6 Å². The lowest BCUT2D eigenvalue weighted by molar-refractivity contribution is -0.138. The van der Waals surface area contributed by atoms with Gasteiger partial charge in [-0.2, -0.15) is 0 Å². The maximum Gasteiger partial charge on any atom is 0.311 e. The molecule has 0 fully saturated rings. The summed E-state index contributed by atoms with van der Waals surface area (Å²) in [7, 11) is 0. The highest BCUT2D eigenvalue weighted by molar-refractivity contribution is 5.83. The Morgan fingerprint density at radius 1 is 0.968 bits per heavy atom. The number of aliphatic carboxylic acids is 1. The largest absolute Gasteiger partial charge is 0.481 e. The van der Waals surface area contributed by atoms with Gasteiger partial charge in [-0.25, -0.2) is 0 Å². The molecular weight excluding hydrogens is 396 g/mol. The van der Waals surface area contributed by atoms with E-state index in [0.29, 0.717) is 12.8 Å². The number of ether oxygens (including phenoxy) is 1. The molecule has 1 aliphatic rings. The molecule has 0 radical (unpaired) electrons. The van der Waals surface area contributed by atoms with E-state index in [1.165, 1.54) is 22.3 Å². The summed E-state index contributed by atoms with van der Waals surface area (Å²) in [5, 5.41) is 8.72. The monoisotopic (exact) mass is 430 g/mol. The Kier molecular flexibility index (Phi) is 11.4. The predicted molar refractivity (Wildman–Crippen MR) is 122 cm³/mol. The molecule has 2 aromatic carbocycles. The first-order valence-electron chi connectivity index (χ1n) is 10.4. The van der Waals surface area contributed by atoms with Crippen LogP contribution in [0.2, 0.25) is 0 Å². The predicted octanol–water partition coefficient (Wildman–Crippen LogP) is 2.57. The smallest absolute Gasteiger partial charge is 0.311 e. The normalized spacial score (nSPS) is 10.6. The highest BCUT2D eigenvalue weighted by Gasteiger charge is 2.26. The van der Waals surface area contributed by atoms with E-state index in [4.69, 9.17) is 9.84 Å². The van der Waals surface area contributed by atoms with Gasteiger partial charge in [0.2, 0.25) is 0 Å². The quantitative estimate of drug-likeness (QED) is 0.119. The first kappa shape index (κ1) is 26.3. The van der Waals surface area contributed by atoms with Crippen LogP contribution in [0.4, 0.5) is 0 Å². The minimum absolute atomic E-state index is 0.0868. The number of fused-ring (bicyclic) bond motifs is 3. The van der Waals surface area contributed by atoms with Crippen molar-refractivity contribution >= 4 is 11.9 Å². The number of benzene rings is 2. The number of hydrogen-bond acceptors (Lipinski definition) is 7. The maximum absolute atomic E-state index is 12.4. The number of esters is 1. The molecule has 8 heteroatoms. The van der Waals surface area contributed by atoms with Crippen LogP contribution in [0.15, 0.2) is 30.3 Å². The molecule has 0 unspecified atom stereocenters. The Bertz CT molecular complexity index is 884. The second kappa shape index (κ2) is 13.5. The SMILES string of the molecule is CCc1cc2c(c(OC(=O)CCCCC(=O)O)c1CC)Cc1ccccc1-2.NN.NN. The number of carbonyl (C=O) groups excluding carboxylic acids is 1. The van der Waals surface area contributed by atoms with Crippen molar-refractivity contribution in [2.24, 2.45) is 23.4 Å². The van der Waals surface area contributed by atoms with Crippen molar-refractivity contribution in [2.75, 3.05) is 0 Å². The summed E-state index contributed by atoms with van der Waals surface area (Å²) >= 11 is 0. The van der Waals surface area contributed by atoms with Crippen LogP contribution in [0.5, 0.6) is 5.75 Å². The molecule has 0 spiro atoms. The first-order chi connectivity index (χ1) is 15.0. The summed E-state index contributed by atoms with van der Waals surface area (Å²) in [5.74, 6) is 15.6. The fraction of sp³-hybridized carbons (Fsp3) is 0.391. The van der Waals surface area contributed by atoms with E-state index in [0.717, 1.165) is 36.1 Å². The highest BCUT2D eigenvalue weighted by Crippen LogP contribution is 2.44. The number of carboxylic acids is 1. The second-order valence-corrected chi connectivity index (χ2v) is 6.99. The molecule has 0 aliphatic heterocycles. The third-order valence-corrected chi connectivity index (χ3v) is 5.23. The summed E-state index contributed by atoms with van der Waals surface area (Å²) in [6.45, 7) is 4.21. The van der Waals surface area contributed by atoms with Gasteiger partial charge in [-0.1, -0.05) is 44.2 Å². The summed E-state index contributed by atoms with van der Waals surface area (Å²) in [4.78, 5) is 23.0. The van der Waals surface area contributed by atoms with Crippen molar-refractivity contribution in [3.8, 4) is 16.9 Å². The van der Waals surface area contributed by atoms with E-state index in [1.807, 2.05) is 12.1 Å². The van der Waals surface area contributed by atoms with E-state index in [9.17, 15) is 9.59 Å². The highest BCUT2D eigenvalue weighted by atomic mass is 16.5. The van der Waals surface area contributed by atoms with Crippen LogP contribution < -0.4 is 28.1 Å². The van der Waals surface area contributed by atoms with Gasteiger partial charge in [0.1, 0.15) is 5.75 Å². The molecule has 2 aromatic rings. The van der Waals surface area contributed by atoms with Gasteiger partial charge in [0.15, 0.2) is 0 Å². The van der Waals surface area contributed by atoms with Crippen molar-refractivity contribution < 1.29 is 19.4 Å². The summed E-state index contributed by atoms with van der Waals surface area (Å²) in [6, 6.07) is 10.6. The standard InChI is InChI=1S/C23H26O4.2H4N2/c1-3-15-13-19-18-10-6-5-9-16(18)14-20(19)23(17(15)4-2)27-22(26)12-8-7-11-21(24)25;2*1-2/h5-6,9-10,13H,3-4,7-8,11-12,14H2,1-2H3,(H,24,25);2*1-2H2. The van der Waals surface area contributed by atoms with E-state index >= 15 is 0 Å². The molecule has 8 nitrogen and oxygen atoms in total. The molecule has 1 aliphatic carbocycles. The van der Waals surface area contributed by atoms with Crippen molar-refractivity contribution in [3.63, 3.8) is 0 Å². The van der Waals surface area contributed by atoms with Gasteiger partial charge < -0.3 is 9.84 Å². The zero-order chi connectivity index (χ0) is 23.4. The minimum Gasteiger partial charge on any atom is -0.481 e. The van der Waals surface area contributed by atoms with Crippen molar-refractivity contribution in [1.82, 2.24) is 0 Å². The van der Waals surface area contributed by atoms with Gasteiger partial charge in [-0.05, 0) is 53.5 Å². The molecular formula is C23H34N4O4. The van der Waals surface area contributed by atoms with Gasteiger partial charge in [-0.15, -0.1) is 0 Å². The van der Waals surface area contributed by atoms with Gasteiger partial charge >= 0.3 is 11.9 Å². The minimum atomic E-state index is -0.831. The van der Waals surface area contributed by atoms with Crippen LogP contribution in [0.3, 0.4) is 0 Å². The molecule has 0 saturated heterocycles. The van der Waals surface area contributed by atoms with Crippen molar-refractivity contribution in [1.29, 1.82) is 0 Å². The van der Waals surface area contributed by atoms with Crippen LogP contribution in [-0.2, 0) is 28.9 Å². The third-order valence-electron chi connectivity index (χ3n) is 5.23. The molecule has 0 bridgehead atoms. The lowest BCUT2D eigenvalue weighted by Crippen LogP contribution is -2.12. The Labute approximate surface area is 183 Å². The van der Waals surface area contributed by atoms with Gasteiger partial charge in [0.05, 0.1) is 0 Å². The summed E-state index contributed by atoms with van der Waals surface area (Å²) < 4.78 is 5.87.